The number of rotatable bonds is 4. The number of aromatic nitrogens is 2. The van der Waals surface area contributed by atoms with Crippen molar-refractivity contribution in [3.8, 4) is 11.1 Å². The fourth-order valence-electron chi connectivity index (χ4n) is 3.91. The van der Waals surface area contributed by atoms with Gasteiger partial charge in [0.15, 0.2) is 0 Å². The molecule has 0 bridgehead atoms. The molecular weight excluding hydrogens is 412 g/mol. The molecule has 3 heterocycles. The van der Waals surface area contributed by atoms with Crippen LogP contribution in [0.3, 0.4) is 0 Å². The fourth-order valence-corrected chi connectivity index (χ4v) is 5.29. The van der Waals surface area contributed by atoms with Crippen molar-refractivity contribution in [2.45, 2.75) is 24.9 Å². The van der Waals surface area contributed by atoms with Crippen molar-refractivity contribution in [3.05, 3.63) is 71.5 Å². The summed E-state index contributed by atoms with van der Waals surface area (Å²) in [5.74, 6) is 0.642. The highest BCUT2D eigenvalue weighted by atomic mass is 32.2. The van der Waals surface area contributed by atoms with E-state index >= 15 is 0 Å². The summed E-state index contributed by atoms with van der Waals surface area (Å²) in [6, 6.07) is 15.3. The van der Waals surface area contributed by atoms with E-state index in [9.17, 15) is 8.42 Å². The number of morpholine rings is 1. The molecule has 1 fully saturated rings. The number of anilines is 1. The lowest BCUT2D eigenvalue weighted by Gasteiger charge is -2.26. The minimum absolute atomic E-state index is 0.261. The molecule has 2 aliphatic rings. The first-order chi connectivity index (χ1) is 15.0. The molecule has 1 saturated heterocycles. The van der Waals surface area contributed by atoms with E-state index in [4.69, 9.17) is 4.74 Å². The van der Waals surface area contributed by atoms with Crippen LogP contribution < -0.4 is 4.90 Å². The number of fused-ring (bicyclic) bond motifs is 1. The van der Waals surface area contributed by atoms with E-state index in [1.54, 1.807) is 18.3 Å². The van der Waals surface area contributed by atoms with Crippen molar-refractivity contribution in [1.82, 2.24) is 14.3 Å². The van der Waals surface area contributed by atoms with Crippen LogP contribution in [0, 0.1) is 6.92 Å². The molecular formula is C23H24N4O3S. The molecule has 0 N–H and O–H groups in total. The second kappa shape index (κ2) is 8.03. The Bertz CT molecular complexity index is 1190. The molecule has 8 heteroatoms. The number of hydrogen-bond acceptors (Lipinski definition) is 6. The average molecular weight is 437 g/mol. The van der Waals surface area contributed by atoms with E-state index in [-0.39, 0.29) is 11.4 Å². The first-order valence-electron chi connectivity index (χ1n) is 10.4. The van der Waals surface area contributed by atoms with Crippen LogP contribution in [0.25, 0.3) is 11.1 Å². The Hall–Kier alpha value is -2.81. The zero-order chi connectivity index (χ0) is 21.4. The summed E-state index contributed by atoms with van der Waals surface area (Å²) in [6.45, 7) is 5.39. The third-order valence-corrected chi connectivity index (χ3v) is 7.59. The molecule has 5 rings (SSSR count). The fraction of sp³-hybridized carbons (Fsp3) is 0.304. The highest BCUT2D eigenvalue weighted by Gasteiger charge is 2.32. The van der Waals surface area contributed by atoms with Gasteiger partial charge in [0.25, 0.3) is 0 Å². The molecule has 3 aromatic rings. The second-order valence-electron chi connectivity index (χ2n) is 7.90. The van der Waals surface area contributed by atoms with Gasteiger partial charge in [-0.05, 0) is 30.2 Å². The van der Waals surface area contributed by atoms with Crippen LogP contribution in [-0.4, -0.2) is 49.0 Å². The third-order valence-electron chi connectivity index (χ3n) is 5.79. The Balaban J connectivity index is 1.35. The predicted octanol–water partition coefficient (Wildman–Crippen LogP) is 2.99. The normalized spacial score (nSPS) is 17.0. The van der Waals surface area contributed by atoms with Crippen LogP contribution >= 0.6 is 0 Å². The lowest BCUT2D eigenvalue weighted by Crippen LogP contribution is -2.37. The van der Waals surface area contributed by atoms with Crippen LogP contribution in [0.1, 0.15) is 16.8 Å². The Labute approximate surface area is 182 Å². The molecule has 0 aliphatic carbocycles. The molecule has 7 nitrogen and oxygen atoms in total. The number of sulfonamides is 1. The molecule has 0 radical (unpaired) electrons. The van der Waals surface area contributed by atoms with Gasteiger partial charge in [-0.3, -0.25) is 0 Å². The highest BCUT2D eigenvalue weighted by Crippen LogP contribution is 2.29. The maximum Gasteiger partial charge on any atom is 0.243 e. The molecule has 0 unspecified atom stereocenters. The molecule has 0 spiro atoms. The standard InChI is InChI=1S/C23H24N4O3S/c1-17-2-4-18(5-3-17)19-6-8-21(9-7-19)31(28,29)27-15-20-14-24-23(25-22(20)16-27)26-10-12-30-13-11-26/h2-9,14H,10-13,15-16H2,1H3. The number of aryl methyl sites for hydroxylation is 1. The summed E-state index contributed by atoms with van der Waals surface area (Å²) >= 11 is 0. The van der Waals surface area contributed by atoms with Gasteiger partial charge in [0.05, 0.1) is 30.3 Å². The lowest BCUT2D eigenvalue weighted by molar-refractivity contribution is 0.122. The van der Waals surface area contributed by atoms with Crippen LogP contribution in [-0.2, 0) is 27.8 Å². The predicted molar refractivity (Wildman–Crippen MR) is 118 cm³/mol. The third kappa shape index (κ3) is 3.94. The molecule has 1 aromatic heterocycles. The summed E-state index contributed by atoms with van der Waals surface area (Å²) in [6.07, 6.45) is 1.75. The summed E-state index contributed by atoms with van der Waals surface area (Å²) in [7, 11) is -3.62. The van der Waals surface area contributed by atoms with E-state index < -0.39 is 10.0 Å². The van der Waals surface area contributed by atoms with E-state index in [1.807, 2.05) is 43.3 Å². The van der Waals surface area contributed by atoms with Gasteiger partial charge >= 0.3 is 0 Å². The van der Waals surface area contributed by atoms with Crippen molar-refractivity contribution in [2.24, 2.45) is 0 Å². The molecule has 0 amide bonds. The molecule has 160 valence electrons. The summed E-state index contributed by atoms with van der Waals surface area (Å²) < 4.78 is 33.3. The molecule has 31 heavy (non-hydrogen) atoms. The van der Waals surface area contributed by atoms with Crippen LogP contribution in [0.5, 0.6) is 0 Å². The topological polar surface area (TPSA) is 75.6 Å². The van der Waals surface area contributed by atoms with E-state index in [1.165, 1.54) is 9.87 Å². The summed E-state index contributed by atoms with van der Waals surface area (Å²) in [4.78, 5) is 11.5. The molecule has 0 atom stereocenters. The van der Waals surface area contributed by atoms with Crippen molar-refractivity contribution < 1.29 is 13.2 Å². The maximum atomic E-state index is 13.2. The van der Waals surface area contributed by atoms with Gasteiger partial charge in [-0.25, -0.2) is 18.4 Å². The van der Waals surface area contributed by atoms with Crippen LogP contribution in [0.2, 0.25) is 0 Å². The van der Waals surface area contributed by atoms with Gasteiger partial charge in [-0.2, -0.15) is 4.31 Å². The summed E-state index contributed by atoms with van der Waals surface area (Å²) in [5.41, 5.74) is 4.88. The van der Waals surface area contributed by atoms with E-state index in [2.05, 4.69) is 14.9 Å². The largest absolute Gasteiger partial charge is 0.378 e. The van der Waals surface area contributed by atoms with Gasteiger partial charge in [0.2, 0.25) is 16.0 Å². The van der Waals surface area contributed by atoms with E-state index in [0.717, 1.165) is 35.5 Å². The number of benzene rings is 2. The van der Waals surface area contributed by atoms with Crippen LogP contribution in [0.4, 0.5) is 5.95 Å². The first-order valence-corrected chi connectivity index (χ1v) is 11.8. The van der Waals surface area contributed by atoms with Crippen molar-refractivity contribution in [2.75, 3.05) is 31.2 Å². The van der Waals surface area contributed by atoms with E-state index in [0.29, 0.717) is 25.7 Å². The minimum atomic E-state index is -3.62. The molecule has 2 aliphatic heterocycles. The molecule has 0 saturated carbocycles. The van der Waals surface area contributed by atoms with Crippen molar-refractivity contribution in [1.29, 1.82) is 0 Å². The van der Waals surface area contributed by atoms with Gasteiger partial charge in [-0.15, -0.1) is 0 Å². The van der Waals surface area contributed by atoms with Gasteiger partial charge < -0.3 is 9.64 Å². The molecule has 2 aromatic carbocycles. The second-order valence-corrected chi connectivity index (χ2v) is 9.84. The van der Waals surface area contributed by atoms with Crippen molar-refractivity contribution in [3.63, 3.8) is 0 Å². The number of nitrogens with zero attached hydrogens (tertiary/aromatic N) is 4. The Morgan fingerprint density at radius 3 is 2.23 bits per heavy atom. The van der Waals surface area contributed by atoms with Gasteiger partial charge in [0.1, 0.15) is 0 Å². The zero-order valence-electron chi connectivity index (χ0n) is 17.4. The monoisotopic (exact) mass is 436 g/mol. The zero-order valence-corrected chi connectivity index (χ0v) is 18.2. The van der Waals surface area contributed by atoms with Crippen LogP contribution in [0.15, 0.2) is 59.6 Å². The quantitative estimate of drug-likeness (QED) is 0.626. The maximum absolute atomic E-state index is 13.2. The van der Waals surface area contributed by atoms with Gasteiger partial charge in [-0.1, -0.05) is 42.0 Å². The number of hydrogen-bond donors (Lipinski definition) is 0. The highest BCUT2D eigenvalue weighted by molar-refractivity contribution is 7.89. The summed E-state index contributed by atoms with van der Waals surface area (Å²) in [5, 5.41) is 0. The Kier molecular flexibility index (Phi) is 5.21. The SMILES string of the molecule is Cc1ccc(-c2ccc(S(=O)(=O)N3Cc4cnc(N5CCOCC5)nc4C3)cc2)cc1. The Morgan fingerprint density at radius 2 is 1.55 bits per heavy atom. The first kappa shape index (κ1) is 20.1. The Morgan fingerprint density at radius 1 is 0.903 bits per heavy atom. The smallest absolute Gasteiger partial charge is 0.243 e. The van der Waals surface area contributed by atoms with Crippen molar-refractivity contribution >= 4 is 16.0 Å². The lowest BCUT2D eigenvalue weighted by atomic mass is 10.0. The van der Waals surface area contributed by atoms with Gasteiger partial charge in [0, 0.05) is 31.4 Å². The number of ether oxygens (including phenoxy) is 1. The average Bonchev–Trinajstić information content (AvgIpc) is 3.25. The minimum Gasteiger partial charge on any atom is -0.378 e.